The first-order valence-corrected chi connectivity index (χ1v) is 9.05. The topological polar surface area (TPSA) is 12.0 Å². The molecule has 1 aromatic rings. The summed E-state index contributed by atoms with van der Waals surface area (Å²) >= 11 is 0. The van der Waals surface area contributed by atoms with Crippen LogP contribution in [0.1, 0.15) is 71.8 Å². The lowest BCUT2D eigenvalue weighted by Gasteiger charge is -2.08. The Kier molecular flexibility index (Phi) is 13.9. The van der Waals surface area contributed by atoms with Gasteiger partial charge in [-0.2, -0.15) is 0 Å². The highest BCUT2D eigenvalue weighted by Crippen LogP contribution is 2.08. The fraction of sp³-hybridized carbons (Fsp3) is 0.619. The number of rotatable bonds is 10. The largest absolute Gasteiger partial charge is 0.389 e. The second-order valence-electron chi connectivity index (χ2n) is 6.38. The predicted molar refractivity (Wildman–Crippen MR) is 101 cm³/mol. The fourth-order valence-electron chi connectivity index (χ4n) is 1.84. The molecule has 1 aromatic carbocycles. The fourth-order valence-corrected chi connectivity index (χ4v) is 1.84. The first-order chi connectivity index (χ1) is 10.6. The van der Waals surface area contributed by atoms with Gasteiger partial charge in [-0.05, 0) is 43.6 Å². The molecule has 0 amide bonds. The van der Waals surface area contributed by atoms with E-state index in [-0.39, 0.29) is 0 Å². The van der Waals surface area contributed by atoms with Crippen LogP contribution in [0.4, 0.5) is 0 Å². The zero-order valence-corrected chi connectivity index (χ0v) is 15.3. The predicted octanol–water partition coefficient (Wildman–Crippen LogP) is 6.36. The van der Waals surface area contributed by atoms with Crippen molar-refractivity contribution in [1.29, 1.82) is 0 Å². The van der Waals surface area contributed by atoms with E-state index in [0.29, 0.717) is 0 Å². The van der Waals surface area contributed by atoms with Gasteiger partial charge in [-0.1, -0.05) is 77.4 Å². The third-order valence-corrected chi connectivity index (χ3v) is 3.76. The molecular weight excluding hydrogens is 266 g/mol. The molecule has 0 unspecified atom stereocenters. The Bertz CT molecular complexity index is 353. The standard InChI is InChI=1S/C16H25N.C5H12/c1-3-4-14-17-15(2)10-8-9-13-16-11-6-5-7-12-16;1-4-5(2)3/h5-7,11-12,17H,2-4,8-10,13-14H2,1H3;5H,4H2,1-3H3. The highest BCUT2D eigenvalue weighted by atomic mass is 14.9. The Hall–Kier alpha value is -1.24. The number of unbranched alkanes of at least 4 members (excludes halogenated alkanes) is 2. The Morgan fingerprint density at radius 2 is 1.68 bits per heavy atom. The van der Waals surface area contributed by atoms with Crippen LogP contribution in [0.3, 0.4) is 0 Å². The van der Waals surface area contributed by atoms with E-state index < -0.39 is 0 Å². The van der Waals surface area contributed by atoms with Gasteiger partial charge in [0.1, 0.15) is 0 Å². The SMILES string of the molecule is C=C(CCCCc1ccccc1)NCCCC.CCC(C)C. The average molecular weight is 304 g/mol. The van der Waals surface area contributed by atoms with Crippen LogP contribution in [-0.2, 0) is 6.42 Å². The summed E-state index contributed by atoms with van der Waals surface area (Å²) in [5, 5.41) is 3.39. The Labute approximate surface area is 139 Å². The van der Waals surface area contributed by atoms with Gasteiger partial charge in [0, 0.05) is 12.2 Å². The minimum Gasteiger partial charge on any atom is -0.389 e. The summed E-state index contributed by atoms with van der Waals surface area (Å²) in [4.78, 5) is 0. The third kappa shape index (κ3) is 13.7. The summed E-state index contributed by atoms with van der Waals surface area (Å²) in [5.41, 5.74) is 2.64. The lowest BCUT2D eigenvalue weighted by molar-refractivity contribution is 0.626. The first-order valence-electron chi connectivity index (χ1n) is 9.05. The summed E-state index contributed by atoms with van der Waals surface area (Å²) in [6, 6.07) is 10.7. The van der Waals surface area contributed by atoms with Crippen LogP contribution < -0.4 is 5.32 Å². The lowest BCUT2D eigenvalue weighted by Crippen LogP contribution is -2.13. The van der Waals surface area contributed by atoms with Gasteiger partial charge in [-0.15, -0.1) is 0 Å². The van der Waals surface area contributed by atoms with Crippen molar-refractivity contribution in [1.82, 2.24) is 5.32 Å². The first kappa shape index (κ1) is 20.8. The van der Waals surface area contributed by atoms with Crippen molar-refractivity contribution in [3.8, 4) is 0 Å². The molecule has 0 spiro atoms. The monoisotopic (exact) mass is 303 g/mol. The van der Waals surface area contributed by atoms with Crippen LogP contribution in [0, 0.1) is 5.92 Å². The molecule has 0 saturated carbocycles. The minimum atomic E-state index is 0.884. The molecule has 0 radical (unpaired) electrons. The summed E-state index contributed by atoms with van der Waals surface area (Å²) in [5.74, 6) is 0.884. The van der Waals surface area contributed by atoms with E-state index in [1.165, 1.54) is 49.8 Å². The molecule has 22 heavy (non-hydrogen) atoms. The quantitative estimate of drug-likeness (QED) is 0.496. The molecule has 0 aromatic heterocycles. The molecule has 0 aliphatic heterocycles. The van der Waals surface area contributed by atoms with Crippen molar-refractivity contribution in [2.24, 2.45) is 5.92 Å². The lowest BCUT2D eigenvalue weighted by atomic mass is 10.1. The summed E-state index contributed by atoms with van der Waals surface area (Å²) < 4.78 is 0. The zero-order valence-electron chi connectivity index (χ0n) is 15.3. The summed E-state index contributed by atoms with van der Waals surface area (Å²) in [6.45, 7) is 14.0. The van der Waals surface area contributed by atoms with E-state index >= 15 is 0 Å². The van der Waals surface area contributed by atoms with E-state index in [1.807, 2.05) is 0 Å². The smallest absolute Gasteiger partial charge is 0.0143 e. The molecule has 1 heteroatoms. The van der Waals surface area contributed by atoms with Crippen molar-refractivity contribution >= 4 is 0 Å². The van der Waals surface area contributed by atoms with E-state index in [1.54, 1.807) is 0 Å². The Morgan fingerprint density at radius 3 is 2.23 bits per heavy atom. The number of nitrogens with one attached hydrogen (secondary N) is 1. The third-order valence-electron chi connectivity index (χ3n) is 3.76. The van der Waals surface area contributed by atoms with E-state index in [4.69, 9.17) is 0 Å². The van der Waals surface area contributed by atoms with Gasteiger partial charge in [-0.3, -0.25) is 0 Å². The molecule has 1 nitrogen and oxygen atoms in total. The molecule has 0 aliphatic rings. The number of allylic oxidation sites excluding steroid dienone is 1. The van der Waals surface area contributed by atoms with Crippen molar-refractivity contribution < 1.29 is 0 Å². The molecule has 0 saturated heterocycles. The molecule has 0 bridgehead atoms. The Morgan fingerprint density at radius 1 is 1.05 bits per heavy atom. The van der Waals surface area contributed by atoms with Gasteiger partial charge in [0.15, 0.2) is 0 Å². The van der Waals surface area contributed by atoms with Gasteiger partial charge in [0.25, 0.3) is 0 Å². The van der Waals surface area contributed by atoms with E-state index in [2.05, 4.69) is 69.9 Å². The number of hydrogen-bond acceptors (Lipinski definition) is 1. The van der Waals surface area contributed by atoms with E-state index in [0.717, 1.165) is 18.9 Å². The maximum atomic E-state index is 4.06. The highest BCUT2D eigenvalue weighted by molar-refractivity contribution is 5.14. The molecule has 1 N–H and O–H groups in total. The van der Waals surface area contributed by atoms with Crippen molar-refractivity contribution in [2.45, 2.75) is 72.6 Å². The van der Waals surface area contributed by atoms with Gasteiger partial charge >= 0.3 is 0 Å². The molecule has 0 heterocycles. The van der Waals surface area contributed by atoms with Crippen LogP contribution in [0.5, 0.6) is 0 Å². The molecule has 0 fully saturated rings. The van der Waals surface area contributed by atoms with Gasteiger partial charge in [-0.25, -0.2) is 0 Å². The summed E-state index contributed by atoms with van der Waals surface area (Å²) in [7, 11) is 0. The maximum Gasteiger partial charge on any atom is 0.0143 e. The molecular formula is C21H37N. The van der Waals surface area contributed by atoms with Crippen LogP contribution in [-0.4, -0.2) is 6.54 Å². The second-order valence-corrected chi connectivity index (χ2v) is 6.38. The zero-order chi connectivity index (χ0) is 16.6. The van der Waals surface area contributed by atoms with Gasteiger partial charge in [0.05, 0.1) is 0 Å². The van der Waals surface area contributed by atoms with Crippen molar-refractivity contribution in [3.05, 3.63) is 48.2 Å². The summed E-state index contributed by atoms with van der Waals surface area (Å²) in [6.07, 6.45) is 8.56. The number of benzene rings is 1. The molecule has 1 rings (SSSR count). The van der Waals surface area contributed by atoms with Crippen LogP contribution in [0.25, 0.3) is 0 Å². The number of aryl methyl sites for hydroxylation is 1. The van der Waals surface area contributed by atoms with Crippen LogP contribution in [0.15, 0.2) is 42.6 Å². The molecule has 0 atom stereocenters. The normalized spacial score (nSPS) is 10.0. The van der Waals surface area contributed by atoms with Gasteiger partial charge in [0.2, 0.25) is 0 Å². The Balaban J connectivity index is 0.000000763. The molecule has 126 valence electrons. The van der Waals surface area contributed by atoms with Crippen LogP contribution >= 0.6 is 0 Å². The average Bonchev–Trinajstić information content (AvgIpc) is 2.53. The molecule has 0 aliphatic carbocycles. The van der Waals surface area contributed by atoms with Crippen molar-refractivity contribution in [2.75, 3.05) is 6.54 Å². The van der Waals surface area contributed by atoms with Crippen molar-refractivity contribution in [3.63, 3.8) is 0 Å². The highest BCUT2D eigenvalue weighted by Gasteiger charge is 1.95. The van der Waals surface area contributed by atoms with Gasteiger partial charge < -0.3 is 5.32 Å². The minimum absolute atomic E-state index is 0.884. The maximum absolute atomic E-state index is 4.06. The van der Waals surface area contributed by atoms with Crippen LogP contribution in [0.2, 0.25) is 0 Å². The number of hydrogen-bond donors (Lipinski definition) is 1. The second kappa shape index (κ2) is 14.7. The van der Waals surface area contributed by atoms with E-state index in [9.17, 15) is 0 Å².